The summed E-state index contributed by atoms with van der Waals surface area (Å²) in [6.07, 6.45) is 4.96. The minimum atomic E-state index is -0.426. The van der Waals surface area contributed by atoms with Crippen LogP contribution in [0.5, 0.6) is 0 Å². The number of hydrazone groups is 1. The molecule has 0 spiro atoms. The number of carbonyl (C=O) groups is 1. The van der Waals surface area contributed by atoms with Crippen LogP contribution in [0.25, 0.3) is 0 Å². The average Bonchev–Trinajstić information content (AvgIpc) is 2.82. The lowest BCUT2D eigenvalue weighted by molar-refractivity contribution is -0.118. The van der Waals surface area contributed by atoms with Gasteiger partial charge in [-0.15, -0.1) is 0 Å². The molecule has 2 aromatic rings. The van der Waals surface area contributed by atoms with Crippen LogP contribution in [-0.2, 0) is 4.79 Å². The first-order chi connectivity index (χ1) is 10.3. The minimum absolute atomic E-state index is 0.0914. The maximum Gasteiger partial charge on any atom is 0.261 e. The van der Waals surface area contributed by atoms with Gasteiger partial charge in [-0.25, -0.2) is 0 Å². The normalized spacial score (nSPS) is 18.3. The SMILES string of the molecule is CC1=NN(c2ccccc2)C(=O)C1C=Nc1cccnc1. The van der Waals surface area contributed by atoms with Gasteiger partial charge in [-0.1, -0.05) is 18.2 Å². The molecule has 0 N–H and O–H groups in total. The molecular formula is C16H14N4O. The van der Waals surface area contributed by atoms with Gasteiger partial charge in [-0.05, 0) is 31.2 Å². The van der Waals surface area contributed by atoms with Crippen LogP contribution in [0.15, 0.2) is 65.0 Å². The number of carbonyl (C=O) groups excluding carboxylic acids is 1. The van der Waals surface area contributed by atoms with E-state index in [1.165, 1.54) is 5.01 Å². The fourth-order valence-electron chi connectivity index (χ4n) is 2.10. The highest BCUT2D eigenvalue weighted by Crippen LogP contribution is 2.23. The van der Waals surface area contributed by atoms with Gasteiger partial charge in [0.05, 0.1) is 23.3 Å². The lowest BCUT2D eigenvalue weighted by Gasteiger charge is -2.12. The summed E-state index contributed by atoms with van der Waals surface area (Å²) < 4.78 is 0. The van der Waals surface area contributed by atoms with Gasteiger partial charge >= 0.3 is 0 Å². The molecule has 1 aromatic carbocycles. The standard InChI is InChI=1S/C16H14N4O/c1-12-15(11-18-13-6-5-9-17-10-13)16(21)20(19-12)14-7-3-2-4-8-14/h2-11,15H,1H3. The largest absolute Gasteiger partial charge is 0.271 e. The first-order valence-corrected chi connectivity index (χ1v) is 6.64. The molecule has 21 heavy (non-hydrogen) atoms. The van der Waals surface area contributed by atoms with Gasteiger partial charge < -0.3 is 0 Å². The summed E-state index contributed by atoms with van der Waals surface area (Å²) in [6, 6.07) is 13.0. The molecule has 1 amide bonds. The van der Waals surface area contributed by atoms with Crippen LogP contribution in [0.1, 0.15) is 6.92 Å². The van der Waals surface area contributed by atoms with Gasteiger partial charge in [0.1, 0.15) is 5.92 Å². The van der Waals surface area contributed by atoms with E-state index in [0.29, 0.717) is 0 Å². The molecule has 2 heterocycles. The first-order valence-electron chi connectivity index (χ1n) is 6.64. The molecule has 1 aromatic heterocycles. The Morgan fingerprint density at radius 1 is 1.19 bits per heavy atom. The average molecular weight is 278 g/mol. The number of rotatable bonds is 3. The lowest BCUT2D eigenvalue weighted by Crippen LogP contribution is -2.27. The van der Waals surface area contributed by atoms with Crippen molar-refractivity contribution in [1.29, 1.82) is 0 Å². The van der Waals surface area contributed by atoms with E-state index in [2.05, 4.69) is 15.1 Å². The van der Waals surface area contributed by atoms with E-state index in [-0.39, 0.29) is 5.91 Å². The Hall–Kier alpha value is -2.82. The molecule has 0 radical (unpaired) electrons. The van der Waals surface area contributed by atoms with Gasteiger partial charge in [-0.3, -0.25) is 14.8 Å². The predicted molar refractivity (Wildman–Crippen MR) is 82.9 cm³/mol. The van der Waals surface area contributed by atoms with Crippen molar-refractivity contribution in [2.24, 2.45) is 16.0 Å². The summed E-state index contributed by atoms with van der Waals surface area (Å²) in [7, 11) is 0. The van der Waals surface area contributed by atoms with Gasteiger partial charge in [0.25, 0.3) is 5.91 Å². The van der Waals surface area contributed by atoms with Crippen molar-refractivity contribution < 1.29 is 4.79 Å². The fraction of sp³-hybridized carbons (Fsp3) is 0.125. The Kier molecular flexibility index (Phi) is 3.55. The Morgan fingerprint density at radius 2 is 2.00 bits per heavy atom. The van der Waals surface area contributed by atoms with Gasteiger partial charge in [0.15, 0.2) is 0 Å². The van der Waals surface area contributed by atoms with E-state index in [1.807, 2.05) is 43.3 Å². The van der Waals surface area contributed by atoms with E-state index >= 15 is 0 Å². The molecule has 104 valence electrons. The van der Waals surface area contributed by atoms with Crippen LogP contribution in [0, 0.1) is 5.92 Å². The summed E-state index contributed by atoms with van der Waals surface area (Å²) >= 11 is 0. The van der Waals surface area contributed by atoms with Crippen molar-refractivity contribution in [2.45, 2.75) is 6.92 Å². The number of pyridine rings is 1. The number of hydrogen-bond donors (Lipinski definition) is 0. The van der Waals surface area contributed by atoms with Crippen LogP contribution in [0.3, 0.4) is 0 Å². The van der Waals surface area contributed by atoms with Gasteiger partial charge in [-0.2, -0.15) is 10.1 Å². The highest BCUT2D eigenvalue weighted by atomic mass is 16.2. The molecule has 0 fully saturated rings. The molecule has 0 aliphatic carbocycles. The van der Waals surface area contributed by atoms with Crippen molar-refractivity contribution in [3.05, 3.63) is 54.9 Å². The molecule has 1 unspecified atom stereocenters. The highest BCUT2D eigenvalue weighted by molar-refractivity contribution is 6.23. The topological polar surface area (TPSA) is 57.9 Å². The van der Waals surface area contributed by atoms with E-state index in [1.54, 1.807) is 24.7 Å². The monoisotopic (exact) mass is 278 g/mol. The molecule has 5 heteroatoms. The zero-order chi connectivity index (χ0) is 14.7. The van der Waals surface area contributed by atoms with Crippen molar-refractivity contribution in [3.63, 3.8) is 0 Å². The molecule has 0 bridgehead atoms. The number of aromatic nitrogens is 1. The zero-order valence-corrected chi connectivity index (χ0v) is 11.5. The molecule has 1 atom stereocenters. The molecule has 1 aliphatic rings. The predicted octanol–water partition coefficient (Wildman–Crippen LogP) is 2.82. The highest BCUT2D eigenvalue weighted by Gasteiger charge is 2.32. The molecule has 1 aliphatic heterocycles. The second kappa shape index (κ2) is 5.66. The van der Waals surface area contributed by atoms with Crippen LogP contribution in [0.2, 0.25) is 0 Å². The number of benzene rings is 1. The van der Waals surface area contributed by atoms with Crippen molar-refractivity contribution >= 4 is 29.2 Å². The van der Waals surface area contributed by atoms with E-state index in [0.717, 1.165) is 17.1 Å². The fourth-order valence-corrected chi connectivity index (χ4v) is 2.10. The van der Waals surface area contributed by atoms with Gasteiger partial charge in [0, 0.05) is 12.4 Å². The third-order valence-corrected chi connectivity index (χ3v) is 3.20. The first kappa shape index (κ1) is 13.2. The number of nitrogens with zero attached hydrogens (tertiary/aromatic N) is 4. The molecular weight excluding hydrogens is 264 g/mol. The maximum absolute atomic E-state index is 12.4. The summed E-state index contributed by atoms with van der Waals surface area (Å²) in [5, 5.41) is 5.75. The number of hydrogen-bond acceptors (Lipinski definition) is 4. The summed E-state index contributed by atoms with van der Waals surface area (Å²) in [4.78, 5) is 20.7. The number of anilines is 1. The van der Waals surface area contributed by atoms with Crippen molar-refractivity contribution in [1.82, 2.24) is 4.98 Å². The molecule has 5 nitrogen and oxygen atoms in total. The minimum Gasteiger partial charge on any atom is -0.271 e. The summed E-state index contributed by atoms with van der Waals surface area (Å²) in [5.41, 5.74) is 2.21. The van der Waals surface area contributed by atoms with Crippen LogP contribution in [0.4, 0.5) is 11.4 Å². The zero-order valence-electron chi connectivity index (χ0n) is 11.5. The summed E-state index contributed by atoms with van der Waals surface area (Å²) in [5.74, 6) is -0.517. The smallest absolute Gasteiger partial charge is 0.261 e. The second-order valence-corrected chi connectivity index (χ2v) is 4.69. The third-order valence-electron chi connectivity index (χ3n) is 3.20. The third kappa shape index (κ3) is 2.72. The lowest BCUT2D eigenvalue weighted by atomic mass is 10.1. The van der Waals surface area contributed by atoms with Crippen molar-refractivity contribution in [2.75, 3.05) is 5.01 Å². The van der Waals surface area contributed by atoms with E-state index < -0.39 is 5.92 Å². The van der Waals surface area contributed by atoms with E-state index in [9.17, 15) is 4.79 Å². The van der Waals surface area contributed by atoms with Crippen LogP contribution < -0.4 is 5.01 Å². The van der Waals surface area contributed by atoms with Crippen LogP contribution >= 0.6 is 0 Å². The number of aliphatic imine (C=N–C) groups is 1. The van der Waals surface area contributed by atoms with Gasteiger partial charge in [0.2, 0.25) is 0 Å². The molecule has 3 rings (SSSR count). The number of para-hydroxylation sites is 1. The maximum atomic E-state index is 12.4. The van der Waals surface area contributed by atoms with Crippen LogP contribution in [-0.4, -0.2) is 22.8 Å². The van der Waals surface area contributed by atoms with Crippen molar-refractivity contribution in [3.8, 4) is 0 Å². The Bertz CT molecular complexity index is 695. The molecule has 0 saturated carbocycles. The molecule has 0 saturated heterocycles. The Balaban J connectivity index is 1.81. The summed E-state index contributed by atoms with van der Waals surface area (Å²) in [6.45, 7) is 1.83. The van der Waals surface area contributed by atoms with E-state index in [4.69, 9.17) is 0 Å². The number of amides is 1. The Morgan fingerprint density at radius 3 is 2.71 bits per heavy atom. The Labute approximate surface area is 122 Å². The quantitative estimate of drug-likeness (QED) is 0.811. The second-order valence-electron chi connectivity index (χ2n) is 4.69.